The molecule has 5 aromatic rings. The van der Waals surface area contributed by atoms with Crippen molar-refractivity contribution in [3.8, 4) is 11.8 Å². The number of thioether (sulfide) groups is 1. The van der Waals surface area contributed by atoms with Crippen molar-refractivity contribution in [3.05, 3.63) is 80.5 Å². The summed E-state index contributed by atoms with van der Waals surface area (Å²) in [6, 6.07) is 16.9. The molecule has 0 saturated carbocycles. The van der Waals surface area contributed by atoms with Gasteiger partial charge < -0.3 is 0 Å². The van der Waals surface area contributed by atoms with Crippen LogP contribution in [0.5, 0.6) is 0 Å². The molecular weight excluding hydrogens is 468 g/mol. The summed E-state index contributed by atoms with van der Waals surface area (Å²) in [5.41, 5.74) is 2.88. The lowest BCUT2D eigenvalue weighted by molar-refractivity contribution is -0.116. The number of rotatable bonds is 6. The largest absolute Gasteiger partial charge is 0.297 e. The number of carbonyl (C=O) groups is 1. The highest BCUT2D eigenvalue weighted by Crippen LogP contribution is 2.27. The molecular formula is C24H18N6O2S2. The third kappa shape index (κ3) is 3.69. The van der Waals surface area contributed by atoms with Crippen molar-refractivity contribution in [2.75, 3.05) is 5.75 Å². The molecule has 0 fully saturated rings. The van der Waals surface area contributed by atoms with E-state index in [0.29, 0.717) is 32.5 Å². The van der Waals surface area contributed by atoms with Gasteiger partial charge in [-0.15, -0.1) is 21.5 Å². The number of benzene rings is 2. The van der Waals surface area contributed by atoms with Gasteiger partial charge in [-0.2, -0.15) is 5.26 Å². The Hall–Kier alpha value is -3.81. The number of Topliss-reactive ketones (excluding diaryl/α,β-unsaturated/α-hetero) is 1. The number of thiazole rings is 1. The van der Waals surface area contributed by atoms with Gasteiger partial charge in [-0.1, -0.05) is 42.1 Å². The molecule has 10 heteroatoms. The first-order chi connectivity index (χ1) is 16.5. The third-order valence-electron chi connectivity index (χ3n) is 5.43. The van der Waals surface area contributed by atoms with Crippen LogP contribution in [-0.4, -0.2) is 35.7 Å². The summed E-state index contributed by atoms with van der Waals surface area (Å²) in [7, 11) is 0. The average Bonchev–Trinajstić information content (AvgIpc) is 3.46. The van der Waals surface area contributed by atoms with Crippen LogP contribution >= 0.6 is 23.1 Å². The molecule has 168 valence electrons. The Morgan fingerprint density at radius 2 is 1.91 bits per heavy atom. The minimum absolute atomic E-state index is 0.0233. The Morgan fingerprint density at radius 1 is 1.15 bits per heavy atom. The number of aromatic nitrogens is 5. The van der Waals surface area contributed by atoms with Crippen LogP contribution in [0, 0.1) is 25.2 Å². The second-order valence-corrected chi connectivity index (χ2v) is 9.54. The molecule has 0 aliphatic carbocycles. The van der Waals surface area contributed by atoms with E-state index in [1.165, 1.54) is 23.1 Å². The highest BCUT2D eigenvalue weighted by atomic mass is 32.2. The summed E-state index contributed by atoms with van der Waals surface area (Å²) >= 11 is 2.49. The van der Waals surface area contributed by atoms with Gasteiger partial charge in [0, 0.05) is 11.1 Å². The summed E-state index contributed by atoms with van der Waals surface area (Å²) in [4.78, 5) is 30.6. The van der Waals surface area contributed by atoms with Gasteiger partial charge in [0.25, 0.3) is 5.56 Å². The van der Waals surface area contributed by atoms with Crippen molar-refractivity contribution in [1.29, 1.82) is 5.26 Å². The van der Waals surface area contributed by atoms with Gasteiger partial charge in [-0.05, 0) is 37.6 Å². The van der Waals surface area contributed by atoms with Gasteiger partial charge >= 0.3 is 0 Å². The van der Waals surface area contributed by atoms with Crippen molar-refractivity contribution in [1.82, 2.24) is 24.1 Å². The zero-order chi connectivity index (χ0) is 23.8. The van der Waals surface area contributed by atoms with E-state index >= 15 is 0 Å². The molecule has 8 nitrogen and oxygen atoms in total. The van der Waals surface area contributed by atoms with E-state index in [1.807, 2.05) is 61.7 Å². The van der Waals surface area contributed by atoms with E-state index in [1.54, 1.807) is 15.0 Å². The summed E-state index contributed by atoms with van der Waals surface area (Å²) in [6.45, 7) is 3.76. The number of aryl methyl sites for hydroxylation is 2. The zero-order valence-corrected chi connectivity index (χ0v) is 19.9. The highest BCUT2D eigenvalue weighted by molar-refractivity contribution is 7.99. The number of hydrogen-bond acceptors (Lipinski definition) is 8. The molecule has 0 aliphatic rings. The molecule has 1 unspecified atom stereocenters. The van der Waals surface area contributed by atoms with Crippen LogP contribution in [0.15, 0.2) is 63.9 Å². The van der Waals surface area contributed by atoms with Crippen molar-refractivity contribution >= 4 is 45.6 Å². The molecule has 3 heterocycles. The number of para-hydroxylation sites is 2. The van der Waals surface area contributed by atoms with Crippen molar-refractivity contribution < 1.29 is 4.79 Å². The molecule has 0 amide bonds. The number of hydrogen-bond donors (Lipinski definition) is 0. The normalized spacial score (nSPS) is 12.1. The second kappa shape index (κ2) is 8.85. The first-order valence-electron chi connectivity index (χ1n) is 10.4. The topological polar surface area (TPSA) is 106 Å². The van der Waals surface area contributed by atoms with Crippen molar-refractivity contribution in [2.24, 2.45) is 0 Å². The molecule has 0 N–H and O–H groups in total. The maximum Gasteiger partial charge on any atom is 0.267 e. The van der Waals surface area contributed by atoms with Crippen LogP contribution in [0.1, 0.15) is 22.2 Å². The average molecular weight is 487 g/mol. The fraction of sp³-hybridized carbons (Fsp3) is 0.167. The molecule has 2 aromatic carbocycles. The number of nitrogens with zero attached hydrogens (tertiary/aromatic N) is 6. The molecule has 34 heavy (non-hydrogen) atoms. The molecule has 1 atom stereocenters. The molecule has 0 radical (unpaired) electrons. The first kappa shape index (κ1) is 22.0. The Balaban J connectivity index is 1.60. The summed E-state index contributed by atoms with van der Waals surface area (Å²) in [6.07, 6.45) is 0. The summed E-state index contributed by atoms with van der Waals surface area (Å²) in [5.74, 6) is -0.794. The zero-order valence-electron chi connectivity index (χ0n) is 18.3. The fourth-order valence-electron chi connectivity index (χ4n) is 3.79. The molecule has 0 aliphatic heterocycles. The van der Waals surface area contributed by atoms with E-state index in [9.17, 15) is 14.9 Å². The Labute approximate surface area is 202 Å². The monoisotopic (exact) mass is 486 g/mol. The van der Waals surface area contributed by atoms with Crippen LogP contribution in [0.3, 0.4) is 0 Å². The number of fused-ring (bicyclic) bond motifs is 3. The number of nitriles is 1. The van der Waals surface area contributed by atoms with Crippen LogP contribution < -0.4 is 5.56 Å². The lowest BCUT2D eigenvalue weighted by atomic mass is 10.1. The molecule has 0 bridgehead atoms. The SMILES string of the molecule is Cc1csc(C(C#N)C(=O)CSc2nnc3n(-c4ccccc4C)c(=O)c4ccccc4n23)n1. The maximum atomic E-state index is 13.4. The van der Waals surface area contributed by atoms with Crippen molar-refractivity contribution in [3.63, 3.8) is 0 Å². The van der Waals surface area contributed by atoms with Crippen LogP contribution in [0.4, 0.5) is 0 Å². The predicted octanol–water partition coefficient (Wildman–Crippen LogP) is 4.08. The Bertz CT molecular complexity index is 1660. The predicted molar refractivity (Wildman–Crippen MR) is 132 cm³/mol. The minimum Gasteiger partial charge on any atom is -0.297 e. The highest BCUT2D eigenvalue weighted by Gasteiger charge is 2.25. The van der Waals surface area contributed by atoms with Crippen LogP contribution in [0.2, 0.25) is 0 Å². The first-order valence-corrected chi connectivity index (χ1v) is 12.3. The number of ketones is 1. The van der Waals surface area contributed by atoms with Crippen LogP contribution in [0.25, 0.3) is 22.4 Å². The van der Waals surface area contributed by atoms with E-state index in [4.69, 9.17) is 0 Å². The minimum atomic E-state index is -0.924. The fourth-order valence-corrected chi connectivity index (χ4v) is 5.50. The summed E-state index contributed by atoms with van der Waals surface area (Å²) < 4.78 is 3.34. The molecule has 0 spiro atoms. The lowest BCUT2D eigenvalue weighted by Gasteiger charge is -2.13. The van der Waals surface area contributed by atoms with E-state index in [-0.39, 0.29) is 17.1 Å². The van der Waals surface area contributed by atoms with E-state index in [0.717, 1.165) is 11.3 Å². The Kier molecular flexibility index (Phi) is 5.73. The van der Waals surface area contributed by atoms with Gasteiger partial charge in [0.15, 0.2) is 16.9 Å². The lowest BCUT2D eigenvalue weighted by Crippen LogP contribution is -2.22. The van der Waals surface area contributed by atoms with Gasteiger partial charge in [0.05, 0.1) is 28.4 Å². The number of carbonyl (C=O) groups excluding carboxylic acids is 1. The molecule has 5 rings (SSSR count). The van der Waals surface area contributed by atoms with E-state index < -0.39 is 5.92 Å². The standard InChI is InChI=1S/C24H18N6O2S2/c1-14-7-3-5-9-18(14)29-22(32)16-8-4-6-10-19(16)30-23(29)27-28-24(30)34-13-20(31)17(11-25)21-26-15(2)12-33-21/h3-10,12,17H,13H2,1-2H3. The Morgan fingerprint density at radius 3 is 2.65 bits per heavy atom. The smallest absolute Gasteiger partial charge is 0.267 e. The summed E-state index contributed by atoms with van der Waals surface area (Å²) in [5, 5.41) is 21.5. The van der Waals surface area contributed by atoms with Gasteiger partial charge in [0.2, 0.25) is 5.78 Å². The van der Waals surface area contributed by atoms with Gasteiger partial charge in [-0.25, -0.2) is 9.55 Å². The van der Waals surface area contributed by atoms with Crippen molar-refractivity contribution in [2.45, 2.75) is 24.9 Å². The quantitative estimate of drug-likeness (QED) is 0.333. The van der Waals surface area contributed by atoms with E-state index in [2.05, 4.69) is 21.3 Å². The molecule has 0 saturated heterocycles. The van der Waals surface area contributed by atoms with Gasteiger partial charge in [0.1, 0.15) is 5.01 Å². The van der Waals surface area contributed by atoms with Crippen LogP contribution in [-0.2, 0) is 4.79 Å². The maximum absolute atomic E-state index is 13.4. The second-order valence-electron chi connectivity index (χ2n) is 7.71. The molecule has 3 aromatic heterocycles. The third-order valence-corrected chi connectivity index (χ3v) is 7.41. The van der Waals surface area contributed by atoms with Gasteiger partial charge in [-0.3, -0.25) is 14.0 Å².